The van der Waals surface area contributed by atoms with Crippen LogP contribution < -0.4 is 0 Å². The fourth-order valence-electron chi connectivity index (χ4n) is 1.94. The van der Waals surface area contributed by atoms with E-state index in [1.165, 1.54) is 0 Å². The third-order valence-corrected chi connectivity index (χ3v) is 5.31. The van der Waals surface area contributed by atoms with Crippen molar-refractivity contribution in [3.05, 3.63) is 35.9 Å². The molecule has 0 bridgehead atoms. The molecule has 5 nitrogen and oxygen atoms in total. The number of carbonyl (C=O) groups is 1. The molecular formula is C14H21O5P. The first-order valence-corrected chi connectivity index (χ1v) is 8.30. The number of hydrogen-bond acceptors (Lipinski definition) is 4. The number of aliphatic carboxylic acids is 1. The number of carboxylic acid groups (broad SMARTS) is 1. The molecule has 0 saturated carbocycles. The number of benzene rings is 1. The maximum absolute atomic E-state index is 12.6. The van der Waals surface area contributed by atoms with E-state index >= 15 is 0 Å². The van der Waals surface area contributed by atoms with E-state index in [1.807, 2.05) is 30.3 Å². The van der Waals surface area contributed by atoms with E-state index < -0.39 is 19.2 Å². The summed E-state index contributed by atoms with van der Waals surface area (Å²) in [6.45, 7) is 3.66. The Morgan fingerprint density at radius 3 is 2.20 bits per heavy atom. The molecule has 112 valence electrons. The lowest BCUT2D eigenvalue weighted by atomic mass is 10.1. The van der Waals surface area contributed by atoms with E-state index in [4.69, 9.17) is 9.05 Å². The number of hydrogen-bond donors (Lipinski definition) is 1. The van der Waals surface area contributed by atoms with Crippen molar-refractivity contribution in [1.82, 2.24) is 0 Å². The molecule has 1 atom stereocenters. The molecule has 0 aliphatic heterocycles. The van der Waals surface area contributed by atoms with E-state index in [9.17, 15) is 14.5 Å². The van der Waals surface area contributed by atoms with Crippen molar-refractivity contribution in [2.75, 3.05) is 13.2 Å². The fraction of sp³-hybridized carbons (Fsp3) is 0.500. The van der Waals surface area contributed by atoms with E-state index in [2.05, 4.69) is 0 Å². The summed E-state index contributed by atoms with van der Waals surface area (Å²) in [5.74, 6) is -1.15. The Bertz CT molecular complexity index is 450. The zero-order valence-electron chi connectivity index (χ0n) is 11.8. The summed E-state index contributed by atoms with van der Waals surface area (Å²) in [5.41, 5.74) is -0.138. The van der Waals surface area contributed by atoms with Gasteiger partial charge in [-0.3, -0.25) is 9.36 Å². The minimum absolute atomic E-state index is 0.159. The quantitative estimate of drug-likeness (QED) is 0.708. The van der Waals surface area contributed by atoms with Crippen molar-refractivity contribution in [1.29, 1.82) is 0 Å². The van der Waals surface area contributed by atoms with E-state index in [1.54, 1.807) is 13.8 Å². The predicted molar refractivity (Wildman–Crippen MR) is 77.0 cm³/mol. The van der Waals surface area contributed by atoms with Crippen LogP contribution in [0.4, 0.5) is 0 Å². The molecule has 0 aromatic heterocycles. The molecule has 1 unspecified atom stereocenters. The molecule has 1 N–H and O–H groups in total. The molecule has 1 rings (SSSR count). The molecular weight excluding hydrogens is 279 g/mol. The van der Waals surface area contributed by atoms with E-state index in [0.717, 1.165) is 5.56 Å². The minimum Gasteiger partial charge on any atom is -0.481 e. The summed E-state index contributed by atoms with van der Waals surface area (Å²) >= 11 is 0. The van der Waals surface area contributed by atoms with Crippen LogP contribution in [0.3, 0.4) is 0 Å². The predicted octanol–water partition coefficient (Wildman–Crippen LogP) is 3.34. The minimum atomic E-state index is -3.62. The highest BCUT2D eigenvalue weighted by Crippen LogP contribution is 2.54. The first-order valence-electron chi connectivity index (χ1n) is 6.69. The second-order valence-electron chi connectivity index (χ2n) is 4.25. The van der Waals surface area contributed by atoms with Gasteiger partial charge in [-0.1, -0.05) is 30.3 Å². The lowest BCUT2D eigenvalue weighted by Crippen LogP contribution is -2.24. The van der Waals surface area contributed by atoms with Crippen LogP contribution in [0.1, 0.15) is 25.8 Å². The Hall–Kier alpha value is -1.16. The van der Waals surface area contributed by atoms with Crippen LogP contribution in [0.2, 0.25) is 0 Å². The first-order chi connectivity index (χ1) is 9.53. The Kier molecular flexibility index (Phi) is 6.93. The van der Waals surface area contributed by atoms with Gasteiger partial charge in [0, 0.05) is 0 Å². The summed E-state index contributed by atoms with van der Waals surface area (Å²) in [6, 6.07) is 9.48. The average Bonchev–Trinajstić information content (AvgIpc) is 2.40. The highest BCUT2D eigenvalue weighted by molar-refractivity contribution is 7.55. The van der Waals surface area contributed by atoms with Crippen molar-refractivity contribution < 1.29 is 23.5 Å². The van der Waals surface area contributed by atoms with Gasteiger partial charge in [0.2, 0.25) is 0 Å². The molecule has 1 aromatic carbocycles. The van der Waals surface area contributed by atoms with Gasteiger partial charge in [0.05, 0.1) is 13.2 Å². The summed E-state index contributed by atoms with van der Waals surface area (Å²) in [7, 11) is -3.62. The summed E-state index contributed by atoms with van der Waals surface area (Å²) in [5, 5.41) is 9.31. The monoisotopic (exact) mass is 300 g/mol. The summed E-state index contributed by atoms with van der Waals surface area (Å²) in [4.78, 5) is 11.4. The van der Waals surface area contributed by atoms with Gasteiger partial charge < -0.3 is 14.2 Å². The Balaban J connectivity index is 2.82. The second kappa shape index (κ2) is 8.20. The van der Waals surface area contributed by atoms with Gasteiger partial charge in [-0.2, -0.15) is 0 Å². The topological polar surface area (TPSA) is 72.8 Å². The highest BCUT2D eigenvalue weighted by atomic mass is 31.2. The molecule has 0 fully saturated rings. The number of aryl methyl sites for hydroxylation is 1. The highest BCUT2D eigenvalue weighted by Gasteiger charge is 2.40. The van der Waals surface area contributed by atoms with Gasteiger partial charge >= 0.3 is 13.6 Å². The van der Waals surface area contributed by atoms with Gasteiger partial charge in [-0.25, -0.2) is 0 Å². The standard InChI is InChI=1S/C14H21O5P/c1-3-18-20(17,19-4-2)13(14(15)16)11-10-12-8-6-5-7-9-12/h5-9,13H,3-4,10-11H2,1-2H3,(H,15,16). The zero-order chi connectivity index (χ0) is 15.0. The molecule has 0 spiro atoms. The van der Waals surface area contributed by atoms with Crippen LogP contribution in [-0.4, -0.2) is 29.9 Å². The smallest absolute Gasteiger partial charge is 0.344 e. The number of carboxylic acids is 1. The lowest BCUT2D eigenvalue weighted by Gasteiger charge is -2.23. The second-order valence-corrected chi connectivity index (χ2v) is 6.47. The Morgan fingerprint density at radius 2 is 1.75 bits per heavy atom. The van der Waals surface area contributed by atoms with E-state index in [0.29, 0.717) is 6.42 Å². The zero-order valence-corrected chi connectivity index (χ0v) is 12.7. The summed E-state index contributed by atoms with van der Waals surface area (Å²) < 4.78 is 22.8. The van der Waals surface area contributed by atoms with Crippen molar-refractivity contribution in [3.63, 3.8) is 0 Å². The van der Waals surface area contributed by atoms with Crippen LogP contribution in [0, 0.1) is 0 Å². The first kappa shape index (κ1) is 16.9. The van der Waals surface area contributed by atoms with Gasteiger partial charge in [0.25, 0.3) is 0 Å². The maximum atomic E-state index is 12.6. The maximum Gasteiger partial charge on any atom is 0.344 e. The SMILES string of the molecule is CCOP(=O)(OCC)C(CCc1ccccc1)C(=O)O. The van der Waals surface area contributed by atoms with Crippen LogP contribution in [0.15, 0.2) is 30.3 Å². The normalized spacial score (nSPS) is 13.1. The molecule has 0 radical (unpaired) electrons. The van der Waals surface area contributed by atoms with Crippen LogP contribution in [0.5, 0.6) is 0 Å². The van der Waals surface area contributed by atoms with Crippen LogP contribution in [-0.2, 0) is 24.8 Å². The molecule has 0 aliphatic rings. The third kappa shape index (κ3) is 4.75. The molecule has 0 heterocycles. The molecule has 6 heteroatoms. The molecule has 0 aliphatic carbocycles. The Labute approximate surface area is 119 Å². The molecule has 0 saturated heterocycles. The van der Waals surface area contributed by atoms with Crippen LogP contribution in [0.25, 0.3) is 0 Å². The largest absolute Gasteiger partial charge is 0.481 e. The van der Waals surface area contributed by atoms with Gasteiger partial charge in [0.15, 0.2) is 5.66 Å². The van der Waals surface area contributed by atoms with Crippen molar-refractivity contribution >= 4 is 13.6 Å². The van der Waals surface area contributed by atoms with Crippen LogP contribution >= 0.6 is 7.60 Å². The summed E-state index contributed by atoms with van der Waals surface area (Å²) in [6.07, 6.45) is 0.735. The van der Waals surface area contributed by atoms with E-state index in [-0.39, 0.29) is 19.6 Å². The van der Waals surface area contributed by atoms with Crippen molar-refractivity contribution in [2.24, 2.45) is 0 Å². The number of rotatable bonds is 9. The third-order valence-electron chi connectivity index (χ3n) is 2.83. The molecule has 20 heavy (non-hydrogen) atoms. The fourth-order valence-corrected chi connectivity index (χ4v) is 3.81. The molecule has 0 amide bonds. The van der Waals surface area contributed by atoms with Crippen molar-refractivity contribution in [2.45, 2.75) is 32.3 Å². The van der Waals surface area contributed by atoms with Gasteiger partial charge in [-0.15, -0.1) is 0 Å². The average molecular weight is 300 g/mol. The van der Waals surface area contributed by atoms with Gasteiger partial charge in [-0.05, 0) is 32.3 Å². The lowest BCUT2D eigenvalue weighted by molar-refractivity contribution is -0.137. The van der Waals surface area contributed by atoms with Crippen molar-refractivity contribution in [3.8, 4) is 0 Å². The molecule has 1 aromatic rings. The van der Waals surface area contributed by atoms with Gasteiger partial charge in [0.1, 0.15) is 0 Å². The Morgan fingerprint density at radius 1 is 1.20 bits per heavy atom.